The van der Waals surface area contributed by atoms with Crippen LogP contribution in [-0.2, 0) is 5.41 Å². The molecule has 0 saturated carbocycles. The Labute approximate surface area is 113 Å². The van der Waals surface area contributed by atoms with Gasteiger partial charge in [-0.1, -0.05) is 45.0 Å². The lowest BCUT2D eigenvalue weighted by Gasteiger charge is -2.35. The fourth-order valence-corrected chi connectivity index (χ4v) is 2.46. The minimum absolute atomic E-state index is 0.219. The predicted molar refractivity (Wildman–Crippen MR) is 74.1 cm³/mol. The SMILES string of the molecule is CC(C)C(C)(c1cccc(F)c1)c1cccc(F)c1. The van der Waals surface area contributed by atoms with Gasteiger partial charge in [0, 0.05) is 5.41 Å². The zero-order chi connectivity index (χ0) is 14.0. The molecule has 0 saturated heterocycles. The molecule has 0 aliphatic rings. The standard InChI is InChI=1S/C17H18F2/c1-12(2)17(3,13-6-4-8-15(18)10-13)14-7-5-9-16(19)11-14/h4-12H,1-3H3. The van der Waals surface area contributed by atoms with E-state index >= 15 is 0 Å². The van der Waals surface area contributed by atoms with Gasteiger partial charge in [0.15, 0.2) is 0 Å². The van der Waals surface area contributed by atoms with Crippen molar-refractivity contribution in [2.24, 2.45) is 5.92 Å². The second-order valence-corrected chi connectivity index (χ2v) is 5.38. The van der Waals surface area contributed by atoms with Gasteiger partial charge in [-0.05, 0) is 41.3 Å². The van der Waals surface area contributed by atoms with Crippen molar-refractivity contribution in [1.29, 1.82) is 0 Å². The highest BCUT2D eigenvalue weighted by atomic mass is 19.1. The molecule has 0 atom stereocenters. The van der Waals surface area contributed by atoms with Gasteiger partial charge >= 0.3 is 0 Å². The quantitative estimate of drug-likeness (QED) is 0.734. The molecule has 0 heterocycles. The van der Waals surface area contributed by atoms with Crippen LogP contribution < -0.4 is 0 Å². The highest BCUT2D eigenvalue weighted by Crippen LogP contribution is 2.39. The molecule has 2 aromatic rings. The van der Waals surface area contributed by atoms with Crippen LogP contribution in [-0.4, -0.2) is 0 Å². The summed E-state index contributed by atoms with van der Waals surface area (Å²) in [7, 11) is 0. The minimum Gasteiger partial charge on any atom is -0.207 e. The van der Waals surface area contributed by atoms with Crippen LogP contribution in [0.3, 0.4) is 0 Å². The van der Waals surface area contributed by atoms with E-state index < -0.39 is 5.41 Å². The zero-order valence-electron chi connectivity index (χ0n) is 11.5. The molecular weight excluding hydrogens is 242 g/mol. The number of benzene rings is 2. The van der Waals surface area contributed by atoms with Crippen molar-refractivity contribution in [1.82, 2.24) is 0 Å². The maximum absolute atomic E-state index is 13.5. The number of hydrogen-bond donors (Lipinski definition) is 0. The van der Waals surface area contributed by atoms with E-state index in [-0.39, 0.29) is 17.6 Å². The largest absolute Gasteiger partial charge is 0.207 e. The summed E-state index contributed by atoms with van der Waals surface area (Å²) in [6.07, 6.45) is 0. The summed E-state index contributed by atoms with van der Waals surface area (Å²) in [5.74, 6) is -0.308. The molecule has 0 amide bonds. The van der Waals surface area contributed by atoms with E-state index in [4.69, 9.17) is 0 Å². The van der Waals surface area contributed by atoms with Crippen LogP contribution in [0.1, 0.15) is 31.9 Å². The monoisotopic (exact) mass is 260 g/mol. The van der Waals surface area contributed by atoms with Gasteiger partial charge in [0.05, 0.1) is 0 Å². The fourth-order valence-electron chi connectivity index (χ4n) is 2.46. The van der Waals surface area contributed by atoms with E-state index in [0.717, 1.165) is 11.1 Å². The average Bonchev–Trinajstić information content (AvgIpc) is 2.37. The summed E-state index contributed by atoms with van der Waals surface area (Å²) in [6.45, 7) is 6.16. The van der Waals surface area contributed by atoms with Crippen molar-refractivity contribution in [2.75, 3.05) is 0 Å². The normalized spacial score (nSPS) is 11.9. The lowest BCUT2D eigenvalue weighted by molar-refractivity contribution is 0.401. The van der Waals surface area contributed by atoms with E-state index in [1.165, 1.54) is 24.3 Å². The lowest BCUT2D eigenvalue weighted by Crippen LogP contribution is -2.30. The first kappa shape index (κ1) is 13.7. The molecule has 0 bridgehead atoms. The molecule has 0 aliphatic carbocycles. The Morgan fingerprint density at radius 3 is 1.58 bits per heavy atom. The molecule has 0 nitrogen and oxygen atoms in total. The van der Waals surface area contributed by atoms with E-state index in [2.05, 4.69) is 13.8 Å². The first-order valence-corrected chi connectivity index (χ1v) is 6.46. The molecular formula is C17H18F2. The van der Waals surface area contributed by atoms with Crippen LogP contribution in [0, 0.1) is 17.6 Å². The van der Waals surface area contributed by atoms with E-state index in [1.54, 1.807) is 12.1 Å². The van der Waals surface area contributed by atoms with Crippen LogP contribution in [0.25, 0.3) is 0 Å². The van der Waals surface area contributed by atoms with Crippen LogP contribution in [0.2, 0.25) is 0 Å². The minimum atomic E-state index is -0.413. The summed E-state index contributed by atoms with van der Waals surface area (Å²) in [5, 5.41) is 0. The number of hydrogen-bond acceptors (Lipinski definition) is 0. The molecule has 2 aromatic carbocycles. The lowest BCUT2D eigenvalue weighted by atomic mass is 9.68. The molecule has 0 aliphatic heterocycles. The maximum atomic E-state index is 13.5. The van der Waals surface area contributed by atoms with Crippen molar-refractivity contribution in [3.8, 4) is 0 Å². The number of halogens is 2. The molecule has 0 unspecified atom stereocenters. The molecule has 0 fully saturated rings. The third-order valence-corrected chi connectivity index (χ3v) is 4.00. The van der Waals surface area contributed by atoms with Gasteiger partial charge in [-0.2, -0.15) is 0 Å². The Morgan fingerprint density at radius 1 is 0.842 bits per heavy atom. The van der Waals surface area contributed by atoms with Gasteiger partial charge in [0.25, 0.3) is 0 Å². The fraction of sp³-hybridized carbons (Fsp3) is 0.294. The van der Waals surface area contributed by atoms with Crippen LogP contribution in [0.5, 0.6) is 0 Å². The first-order valence-electron chi connectivity index (χ1n) is 6.46. The maximum Gasteiger partial charge on any atom is 0.123 e. The molecule has 0 spiro atoms. The summed E-state index contributed by atoms with van der Waals surface area (Å²) in [6, 6.07) is 13.1. The Balaban J connectivity index is 2.61. The summed E-state index contributed by atoms with van der Waals surface area (Å²) >= 11 is 0. The predicted octanol–water partition coefficient (Wildman–Crippen LogP) is 4.93. The van der Waals surface area contributed by atoms with Crippen LogP contribution >= 0.6 is 0 Å². The third-order valence-electron chi connectivity index (χ3n) is 4.00. The number of rotatable bonds is 3. The molecule has 0 aromatic heterocycles. The molecule has 100 valence electrons. The Hall–Kier alpha value is -1.70. The summed E-state index contributed by atoms with van der Waals surface area (Å²) in [5.41, 5.74) is 1.32. The van der Waals surface area contributed by atoms with E-state index in [1.807, 2.05) is 19.1 Å². The topological polar surface area (TPSA) is 0 Å². The van der Waals surface area contributed by atoms with Crippen molar-refractivity contribution < 1.29 is 8.78 Å². The Bertz CT molecular complexity index is 527. The van der Waals surface area contributed by atoms with Crippen LogP contribution in [0.15, 0.2) is 48.5 Å². The first-order chi connectivity index (χ1) is 8.94. The van der Waals surface area contributed by atoms with E-state index in [9.17, 15) is 8.78 Å². The third kappa shape index (κ3) is 2.53. The van der Waals surface area contributed by atoms with Crippen LogP contribution in [0.4, 0.5) is 8.78 Å². The highest BCUT2D eigenvalue weighted by molar-refractivity contribution is 5.39. The van der Waals surface area contributed by atoms with Gasteiger partial charge in [0.2, 0.25) is 0 Å². The Kier molecular flexibility index (Phi) is 3.70. The van der Waals surface area contributed by atoms with Gasteiger partial charge in [-0.15, -0.1) is 0 Å². The second kappa shape index (κ2) is 5.12. The smallest absolute Gasteiger partial charge is 0.123 e. The average molecular weight is 260 g/mol. The molecule has 2 rings (SSSR count). The van der Waals surface area contributed by atoms with E-state index in [0.29, 0.717) is 0 Å². The van der Waals surface area contributed by atoms with Crippen molar-refractivity contribution in [3.05, 3.63) is 71.3 Å². The summed E-state index contributed by atoms with van der Waals surface area (Å²) in [4.78, 5) is 0. The van der Waals surface area contributed by atoms with Gasteiger partial charge in [-0.3, -0.25) is 0 Å². The van der Waals surface area contributed by atoms with Crippen molar-refractivity contribution in [2.45, 2.75) is 26.2 Å². The Morgan fingerprint density at radius 2 is 1.26 bits per heavy atom. The van der Waals surface area contributed by atoms with Crippen molar-refractivity contribution in [3.63, 3.8) is 0 Å². The summed E-state index contributed by atoms with van der Waals surface area (Å²) < 4.78 is 27.0. The van der Waals surface area contributed by atoms with Gasteiger partial charge < -0.3 is 0 Å². The zero-order valence-corrected chi connectivity index (χ0v) is 11.5. The molecule has 0 N–H and O–H groups in total. The highest BCUT2D eigenvalue weighted by Gasteiger charge is 2.33. The second-order valence-electron chi connectivity index (χ2n) is 5.38. The molecule has 19 heavy (non-hydrogen) atoms. The van der Waals surface area contributed by atoms with Crippen molar-refractivity contribution >= 4 is 0 Å². The van der Waals surface area contributed by atoms with Gasteiger partial charge in [-0.25, -0.2) is 8.78 Å². The van der Waals surface area contributed by atoms with Gasteiger partial charge in [0.1, 0.15) is 11.6 Å². The molecule has 0 radical (unpaired) electrons. The molecule has 2 heteroatoms.